The van der Waals surface area contributed by atoms with Gasteiger partial charge >= 0.3 is 0 Å². The molecule has 0 fully saturated rings. The van der Waals surface area contributed by atoms with Crippen LogP contribution in [-0.2, 0) is 16.1 Å². The van der Waals surface area contributed by atoms with Crippen molar-refractivity contribution in [1.82, 2.24) is 4.57 Å². The fraction of sp³-hybridized carbons (Fsp3) is 0.263. The first kappa shape index (κ1) is 18.6. The number of benzene rings is 2. The molecule has 0 unspecified atom stereocenters. The van der Waals surface area contributed by atoms with Crippen LogP contribution in [0.25, 0.3) is 10.2 Å². The van der Waals surface area contributed by atoms with E-state index in [-0.39, 0.29) is 12.5 Å². The van der Waals surface area contributed by atoms with Gasteiger partial charge in [0, 0.05) is 18.7 Å². The van der Waals surface area contributed by atoms with E-state index in [9.17, 15) is 4.79 Å². The van der Waals surface area contributed by atoms with E-state index in [2.05, 4.69) is 4.99 Å². The number of thiazole rings is 1. The Morgan fingerprint density at radius 2 is 2.08 bits per heavy atom. The van der Waals surface area contributed by atoms with Gasteiger partial charge in [0.25, 0.3) is 5.91 Å². The Kier molecular flexibility index (Phi) is 6.08. The van der Waals surface area contributed by atoms with Crippen LogP contribution in [-0.4, -0.2) is 30.8 Å². The van der Waals surface area contributed by atoms with Crippen LogP contribution in [0.3, 0.4) is 0 Å². The van der Waals surface area contributed by atoms with Crippen LogP contribution in [0, 0.1) is 6.92 Å². The average molecular weight is 391 g/mol. The minimum absolute atomic E-state index is 0.107. The molecule has 0 saturated heterocycles. The van der Waals surface area contributed by atoms with Gasteiger partial charge in [-0.2, -0.15) is 4.99 Å². The second-order valence-electron chi connectivity index (χ2n) is 5.70. The Labute approximate surface area is 160 Å². The maximum absolute atomic E-state index is 12.3. The molecule has 0 atom stereocenters. The van der Waals surface area contributed by atoms with Crippen molar-refractivity contribution in [1.29, 1.82) is 0 Å². The number of nitrogens with zero attached hydrogens (tertiary/aromatic N) is 2. The van der Waals surface area contributed by atoms with Gasteiger partial charge in [-0.15, -0.1) is 0 Å². The van der Waals surface area contributed by atoms with Crippen LogP contribution in [0.1, 0.15) is 5.56 Å². The van der Waals surface area contributed by atoms with Crippen molar-refractivity contribution in [3.63, 3.8) is 0 Å². The lowest BCUT2D eigenvalue weighted by molar-refractivity contribution is -0.120. The number of hydrogen-bond donors (Lipinski definition) is 0. The summed E-state index contributed by atoms with van der Waals surface area (Å²) in [7, 11) is 1.64. The highest BCUT2D eigenvalue weighted by Crippen LogP contribution is 2.22. The molecule has 0 N–H and O–H groups in total. The largest absolute Gasteiger partial charge is 0.483 e. The number of para-hydroxylation sites is 1. The molecule has 0 aliphatic heterocycles. The summed E-state index contributed by atoms with van der Waals surface area (Å²) in [5, 5.41) is 0.651. The van der Waals surface area contributed by atoms with Crippen LogP contribution < -0.4 is 9.54 Å². The first-order chi connectivity index (χ1) is 12.6. The predicted molar refractivity (Wildman–Crippen MR) is 104 cm³/mol. The van der Waals surface area contributed by atoms with Crippen LogP contribution in [0.2, 0.25) is 5.02 Å². The molecule has 0 saturated carbocycles. The quantitative estimate of drug-likeness (QED) is 0.643. The lowest BCUT2D eigenvalue weighted by atomic mass is 10.2. The Morgan fingerprint density at radius 3 is 2.85 bits per heavy atom. The average Bonchev–Trinajstić information content (AvgIpc) is 2.95. The zero-order valence-electron chi connectivity index (χ0n) is 14.6. The summed E-state index contributed by atoms with van der Waals surface area (Å²) in [5.41, 5.74) is 1.95. The smallest absolute Gasteiger partial charge is 0.286 e. The fourth-order valence-electron chi connectivity index (χ4n) is 2.53. The summed E-state index contributed by atoms with van der Waals surface area (Å²) in [6, 6.07) is 13.2. The summed E-state index contributed by atoms with van der Waals surface area (Å²) in [6.07, 6.45) is 0. The van der Waals surface area contributed by atoms with Crippen molar-refractivity contribution in [2.24, 2.45) is 4.99 Å². The van der Waals surface area contributed by atoms with E-state index in [0.29, 0.717) is 28.7 Å². The van der Waals surface area contributed by atoms with Gasteiger partial charge in [0.1, 0.15) is 5.75 Å². The highest BCUT2D eigenvalue weighted by Gasteiger charge is 2.09. The Hall–Kier alpha value is -2.15. The number of amides is 1. The fourth-order valence-corrected chi connectivity index (χ4v) is 3.88. The molecule has 0 aliphatic rings. The normalized spacial score (nSPS) is 11.9. The topological polar surface area (TPSA) is 52.8 Å². The minimum Gasteiger partial charge on any atom is -0.483 e. The number of hydrogen-bond acceptors (Lipinski definition) is 4. The summed E-state index contributed by atoms with van der Waals surface area (Å²) in [4.78, 5) is 17.2. The number of carbonyl (C=O) groups is 1. The van der Waals surface area contributed by atoms with Gasteiger partial charge < -0.3 is 14.0 Å². The highest BCUT2D eigenvalue weighted by molar-refractivity contribution is 7.16. The number of fused-ring (bicyclic) bond motifs is 1. The van der Waals surface area contributed by atoms with Gasteiger partial charge in [-0.05, 0) is 36.8 Å². The maximum atomic E-state index is 12.3. The molecular weight excluding hydrogens is 372 g/mol. The number of halogens is 1. The Bertz CT molecular complexity index is 994. The van der Waals surface area contributed by atoms with Crippen LogP contribution >= 0.6 is 22.9 Å². The number of methoxy groups -OCH3 is 1. The molecule has 0 aliphatic carbocycles. The zero-order valence-corrected chi connectivity index (χ0v) is 16.1. The monoisotopic (exact) mass is 390 g/mol. The second-order valence-corrected chi connectivity index (χ2v) is 7.15. The minimum atomic E-state index is -0.336. The van der Waals surface area contributed by atoms with Crippen LogP contribution in [0.4, 0.5) is 0 Å². The molecule has 136 valence electrons. The lowest BCUT2D eigenvalue weighted by Gasteiger charge is -2.06. The van der Waals surface area contributed by atoms with Crippen molar-refractivity contribution in [3.8, 4) is 5.75 Å². The van der Waals surface area contributed by atoms with E-state index in [1.165, 1.54) is 11.3 Å². The number of aromatic nitrogens is 1. The van der Waals surface area contributed by atoms with Gasteiger partial charge in [0.05, 0.1) is 16.8 Å². The van der Waals surface area contributed by atoms with E-state index in [0.717, 1.165) is 15.8 Å². The van der Waals surface area contributed by atoms with E-state index < -0.39 is 0 Å². The molecule has 1 heterocycles. The van der Waals surface area contributed by atoms with Gasteiger partial charge in [-0.3, -0.25) is 4.79 Å². The molecule has 7 heteroatoms. The molecule has 5 nitrogen and oxygen atoms in total. The molecular formula is C19H19ClN2O3S. The third-order valence-electron chi connectivity index (χ3n) is 3.83. The molecule has 0 bridgehead atoms. The number of ether oxygens (including phenoxy) is 2. The molecule has 0 radical (unpaired) electrons. The number of rotatable bonds is 6. The lowest BCUT2D eigenvalue weighted by Crippen LogP contribution is -2.21. The van der Waals surface area contributed by atoms with Gasteiger partial charge in [0.2, 0.25) is 0 Å². The molecule has 26 heavy (non-hydrogen) atoms. The second kappa shape index (κ2) is 8.49. The standard InChI is InChI=1S/C19H19ClN2O3S/c1-13-5-3-4-6-16(13)25-12-18(23)21-19-22(9-10-24-2)15-8-7-14(20)11-17(15)26-19/h3-8,11H,9-10,12H2,1-2H3. The summed E-state index contributed by atoms with van der Waals surface area (Å²) >= 11 is 7.50. The van der Waals surface area contributed by atoms with E-state index >= 15 is 0 Å². The van der Waals surface area contributed by atoms with Gasteiger partial charge in [-0.1, -0.05) is 41.1 Å². The van der Waals surface area contributed by atoms with E-state index in [4.69, 9.17) is 21.1 Å². The maximum Gasteiger partial charge on any atom is 0.286 e. The summed E-state index contributed by atoms with van der Waals surface area (Å²) in [5.74, 6) is 0.350. The predicted octanol–water partition coefficient (Wildman–Crippen LogP) is 3.82. The first-order valence-corrected chi connectivity index (χ1v) is 9.32. The first-order valence-electron chi connectivity index (χ1n) is 8.12. The SMILES string of the molecule is COCCn1c(=NC(=O)COc2ccccc2C)sc2cc(Cl)ccc21. The Morgan fingerprint density at radius 1 is 1.27 bits per heavy atom. The van der Waals surface area contributed by atoms with Crippen LogP contribution in [0.5, 0.6) is 5.75 Å². The zero-order chi connectivity index (χ0) is 18.5. The highest BCUT2D eigenvalue weighted by atomic mass is 35.5. The summed E-state index contributed by atoms with van der Waals surface area (Å²) < 4.78 is 13.7. The molecule has 1 aromatic heterocycles. The summed E-state index contributed by atoms with van der Waals surface area (Å²) in [6.45, 7) is 2.95. The van der Waals surface area contributed by atoms with Crippen molar-refractivity contribution in [3.05, 3.63) is 57.9 Å². The molecule has 3 aromatic rings. The molecule has 3 rings (SSSR count). The van der Waals surface area contributed by atoms with Crippen molar-refractivity contribution in [2.75, 3.05) is 20.3 Å². The molecule has 1 amide bonds. The van der Waals surface area contributed by atoms with Gasteiger partial charge in [0.15, 0.2) is 11.4 Å². The van der Waals surface area contributed by atoms with Crippen molar-refractivity contribution < 1.29 is 14.3 Å². The third kappa shape index (κ3) is 4.33. The third-order valence-corrected chi connectivity index (χ3v) is 5.11. The Balaban J connectivity index is 1.87. The van der Waals surface area contributed by atoms with Crippen LogP contribution in [0.15, 0.2) is 47.5 Å². The molecule has 0 spiro atoms. The number of carbonyl (C=O) groups excluding carboxylic acids is 1. The van der Waals surface area contributed by atoms with Crippen molar-refractivity contribution in [2.45, 2.75) is 13.5 Å². The molecule has 2 aromatic carbocycles. The number of aryl methyl sites for hydroxylation is 1. The van der Waals surface area contributed by atoms with Gasteiger partial charge in [-0.25, -0.2) is 0 Å². The van der Waals surface area contributed by atoms with E-state index in [1.807, 2.05) is 54.0 Å². The van der Waals surface area contributed by atoms with Crippen molar-refractivity contribution >= 4 is 39.1 Å². The van der Waals surface area contributed by atoms with E-state index in [1.54, 1.807) is 7.11 Å².